The number of benzene rings is 2. The van der Waals surface area contributed by atoms with Crippen molar-refractivity contribution >= 4 is 11.9 Å². The van der Waals surface area contributed by atoms with E-state index in [2.05, 4.69) is 19.2 Å². The summed E-state index contributed by atoms with van der Waals surface area (Å²) in [4.78, 5) is 23.9. The third-order valence-corrected chi connectivity index (χ3v) is 3.85. The Labute approximate surface area is 154 Å². The van der Waals surface area contributed by atoms with Crippen molar-refractivity contribution in [2.45, 2.75) is 26.7 Å². The molecule has 0 saturated heterocycles. The molecule has 0 heterocycles. The lowest BCUT2D eigenvalue weighted by atomic mass is 9.97. The number of carbonyl (C=O) groups excluding carboxylic acids is 2. The topological polar surface area (TPSA) is 64.6 Å². The zero-order valence-corrected chi connectivity index (χ0v) is 15.5. The summed E-state index contributed by atoms with van der Waals surface area (Å²) in [6.07, 6.45) is 0. The van der Waals surface area contributed by atoms with Crippen LogP contribution in [-0.2, 0) is 4.74 Å². The molecule has 0 aliphatic heterocycles. The number of rotatable bonds is 8. The SMILES string of the molecule is CCOC(=O)c1ccc(OCCNC(=O)c2ccccc2C(C)C)cc1. The first-order valence-corrected chi connectivity index (χ1v) is 8.80. The van der Waals surface area contributed by atoms with E-state index in [1.165, 1.54) is 0 Å². The third kappa shape index (κ3) is 5.34. The van der Waals surface area contributed by atoms with Gasteiger partial charge in [0.2, 0.25) is 0 Å². The van der Waals surface area contributed by atoms with E-state index in [4.69, 9.17) is 9.47 Å². The molecule has 0 fully saturated rings. The van der Waals surface area contributed by atoms with E-state index in [0.717, 1.165) is 5.56 Å². The van der Waals surface area contributed by atoms with Crippen LogP contribution >= 0.6 is 0 Å². The van der Waals surface area contributed by atoms with Crippen molar-refractivity contribution in [1.82, 2.24) is 5.32 Å². The molecule has 0 bridgehead atoms. The maximum atomic E-state index is 12.3. The minimum atomic E-state index is -0.352. The lowest BCUT2D eigenvalue weighted by Gasteiger charge is -2.13. The van der Waals surface area contributed by atoms with Crippen molar-refractivity contribution < 1.29 is 19.1 Å². The number of carbonyl (C=O) groups is 2. The van der Waals surface area contributed by atoms with E-state index in [0.29, 0.717) is 36.6 Å². The second-order valence-corrected chi connectivity index (χ2v) is 6.09. The highest BCUT2D eigenvalue weighted by atomic mass is 16.5. The molecular formula is C21H25NO4. The smallest absolute Gasteiger partial charge is 0.338 e. The first-order valence-electron chi connectivity index (χ1n) is 8.80. The third-order valence-electron chi connectivity index (χ3n) is 3.85. The van der Waals surface area contributed by atoms with Crippen LogP contribution in [0.5, 0.6) is 5.75 Å². The Morgan fingerprint density at radius 1 is 1.04 bits per heavy atom. The molecule has 0 unspecified atom stereocenters. The Morgan fingerprint density at radius 2 is 1.73 bits per heavy atom. The van der Waals surface area contributed by atoms with E-state index in [1.807, 2.05) is 24.3 Å². The van der Waals surface area contributed by atoms with Crippen LogP contribution in [0.15, 0.2) is 48.5 Å². The summed E-state index contributed by atoms with van der Waals surface area (Å²) in [5, 5.41) is 2.87. The number of hydrogen-bond donors (Lipinski definition) is 1. The number of nitrogens with one attached hydrogen (secondary N) is 1. The van der Waals surface area contributed by atoms with Crippen molar-refractivity contribution in [3.63, 3.8) is 0 Å². The first kappa shape index (κ1) is 19.5. The Balaban J connectivity index is 1.82. The summed E-state index contributed by atoms with van der Waals surface area (Å²) >= 11 is 0. The van der Waals surface area contributed by atoms with Gasteiger partial charge in [0, 0.05) is 5.56 Å². The van der Waals surface area contributed by atoms with Gasteiger partial charge in [0.1, 0.15) is 12.4 Å². The predicted octanol–water partition coefficient (Wildman–Crippen LogP) is 3.80. The highest BCUT2D eigenvalue weighted by molar-refractivity contribution is 5.95. The zero-order valence-electron chi connectivity index (χ0n) is 15.5. The summed E-state index contributed by atoms with van der Waals surface area (Å²) in [7, 11) is 0. The van der Waals surface area contributed by atoms with Crippen molar-refractivity contribution in [3.8, 4) is 5.75 Å². The Kier molecular flexibility index (Phi) is 7.21. The van der Waals surface area contributed by atoms with Gasteiger partial charge in [0.05, 0.1) is 18.7 Å². The first-order chi connectivity index (χ1) is 12.5. The average molecular weight is 355 g/mol. The number of ether oxygens (including phenoxy) is 2. The number of amides is 1. The van der Waals surface area contributed by atoms with Gasteiger partial charge >= 0.3 is 5.97 Å². The fourth-order valence-corrected chi connectivity index (χ4v) is 2.54. The van der Waals surface area contributed by atoms with Crippen molar-refractivity contribution in [3.05, 3.63) is 65.2 Å². The summed E-state index contributed by atoms with van der Waals surface area (Å²) in [6, 6.07) is 14.3. The largest absolute Gasteiger partial charge is 0.492 e. The van der Waals surface area contributed by atoms with Crippen LogP contribution in [0, 0.1) is 0 Å². The Bertz CT molecular complexity index is 738. The molecule has 2 aromatic carbocycles. The maximum absolute atomic E-state index is 12.3. The van der Waals surface area contributed by atoms with Gasteiger partial charge in [-0.3, -0.25) is 4.79 Å². The highest BCUT2D eigenvalue weighted by Crippen LogP contribution is 2.19. The fraction of sp³-hybridized carbons (Fsp3) is 0.333. The van der Waals surface area contributed by atoms with E-state index >= 15 is 0 Å². The van der Waals surface area contributed by atoms with Gasteiger partial charge in [0.15, 0.2) is 0 Å². The molecule has 1 amide bonds. The van der Waals surface area contributed by atoms with Crippen LogP contribution in [0.2, 0.25) is 0 Å². The molecule has 2 aromatic rings. The van der Waals surface area contributed by atoms with Gasteiger partial charge in [-0.05, 0) is 48.7 Å². The molecule has 0 saturated carbocycles. The molecule has 0 aromatic heterocycles. The predicted molar refractivity (Wildman–Crippen MR) is 101 cm³/mol. The van der Waals surface area contributed by atoms with Gasteiger partial charge in [-0.25, -0.2) is 4.79 Å². The van der Waals surface area contributed by atoms with Crippen molar-refractivity contribution in [2.75, 3.05) is 19.8 Å². The van der Waals surface area contributed by atoms with Crippen LogP contribution in [0.3, 0.4) is 0 Å². The maximum Gasteiger partial charge on any atom is 0.338 e. The van der Waals surface area contributed by atoms with Gasteiger partial charge < -0.3 is 14.8 Å². The molecule has 1 N–H and O–H groups in total. The molecule has 0 radical (unpaired) electrons. The molecule has 2 rings (SSSR count). The van der Waals surface area contributed by atoms with Crippen LogP contribution < -0.4 is 10.1 Å². The lowest BCUT2D eigenvalue weighted by Crippen LogP contribution is -2.29. The summed E-state index contributed by atoms with van der Waals surface area (Å²) in [5.74, 6) is 0.465. The molecule has 5 heteroatoms. The van der Waals surface area contributed by atoms with Crippen LogP contribution in [0.25, 0.3) is 0 Å². The van der Waals surface area contributed by atoms with Gasteiger partial charge in [-0.1, -0.05) is 32.0 Å². The average Bonchev–Trinajstić information content (AvgIpc) is 2.65. The molecule has 5 nitrogen and oxygen atoms in total. The zero-order chi connectivity index (χ0) is 18.9. The monoisotopic (exact) mass is 355 g/mol. The molecular weight excluding hydrogens is 330 g/mol. The summed E-state index contributed by atoms with van der Waals surface area (Å²) < 4.78 is 10.5. The Hall–Kier alpha value is -2.82. The molecule has 0 aliphatic rings. The summed E-state index contributed by atoms with van der Waals surface area (Å²) in [5.41, 5.74) is 2.21. The van der Waals surface area contributed by atoms with Gasteiger partial charge in [-0.2, -0.15) is 0 Å². The molecule has 0 aliphatic carbocycles. The van der Waals surface area contributed by atoms with Crippen LogP contribution in [-0.4, -0.2) is 31.6 Å². The quantitative estimate of drug-likeness (QED) is 0.578. The molecule has 0 atom stereocenters. The highest BCUT2D eigenvalue weighted by Gasteiger charge is 2.12. The van der Waals surface area contributed by atoms with Crippen molar-refractivity contribution in [1.29, 1.82) is 0 Å². The molecule has 26 heavy (non-hydrogen) atoms. The van der Waals surface area contributed by atoms with Gasteiger partial charge in [0.25, 0.3) is 5.91 Å². The standard InChI is InChI=1S/C21H25NO4/c1-4-25-21(24)16-9-11-17(12-10-16)26-14-13-22-20(23)19-8-6-5-7-18(19)15(2)3/h5-12,15H,4,13-14H2,1-3H3,(H,22,23). The minimum Gasteiger partial charge on any atom is -0.492 e. The van der Waals surface area contributed by atoms with E-state index in [1.54, 1.807) is 31.2 Å². The normalized spacial score (nSPS) is 10.5. The summed E-state index contributed by atoms with van der Waals surface area (Å²) in [6.45, 7) is 6.98. The Morgan fingerprint density at radius 3 is 2.38 bits per heavy atom. The molecule has 0 spiro atoms. The number of esters is 1. The van der Waals surface area contributed by atoms with E-state index < -0.39 is 0 Å². The number of hydrogen-bond acceptors (Lipinski definition) is 4. The second kappa shape index (κ2) is 9.61. The van der Waals surface area contributed by atoms with E-state index in [9.17, 15) is 9.59 Å². The van der Waals surface area contributed by atoms with Crippen LogP contribution in [0.1, 0.15) is 53.0 Å². The second-order valence-electron chi connectivity index (χ2n) is 6.09. The van der Waals surface area contributed by atoms with Crippen LogP contribution in [0.4, 0.5) is 0 Å². The van der Waals surface area contributed by atoms with E-state index in [-0.39, 0.29) is 17.8 Å². The van der Waals surface area contributed by atoms with Crippen molar-refractivity contribution in [2.24, 2.45) is 0 Å². The fourth-order valence-electron chi connectivity index (χ4n) is 2.54. The van der Waals surface area contributed by atoms with Gasteiger partial charge in [-0.15, -0.1) is 0 Å². The molecule has 138 valence electrons. The lowest BCUT2D eigenvalue weighted by molar-refractivity contribution is 0.0526. The minimum absolute atomic E-state index is 0.101.